The Morgan fingerprint density at radius 1 is 1.21 bits per heavy atom. The van der Waals surface area contributed by atoms with Gasteiger partial charge >= 0.3 is 0 Å². The lowest BCUT2D eigenvalue weighted by atomic mass is 9.99. The van der Waals surface area contributed by atoms with E-state index in [2.05, 4.69) is 48.1 Å². The molecule has 1 fully saturated rings. The normalized spacial score (nSPS) is 15.1. The summed E-state index contributed by atoms with van der Waals surface area (Å²) in [6.07, 6.45) is 5.00. The molecule has 1 aliphatic rings. The predicted molar refractivity (Wildman–Crippen MR) is 94.9 cm³/mol. The van der Waals surface area contributed by atoms with E-state index in [1.807, 2.05) is 11.8 Å². The Morgan fingerprint density at radius 3 is 2.50 bits per heavy atom. The molecule has 24 heavy (non-hydrogen) atoms. The van der Waals surface area contributed by atoms with E-state index in [0.717, 1.165) is 6.42 Å². The number of aryl methyl sites for hydroxylation is 2. The first-order chi connectivity index (χ1) is 11.6. The quantitative estimate of drug-likeness (QED) is 0.816. The molecule has 1 heterocycles. The average Bonchev–Trinajstić information content (AvgIpc) is 3.41. The first-order valence-electron chi connectivity index (χ1n) is 8.74. The Bertz CT molecular complexity index is 707. The number of carbonyl (C=O) groups excluding carboxylic acids is 1. The second kappa shape index (κ2) is 7.12. The van der Waals surface area contributed by atoms with Crippen LogP contribution in [0.1, 0.15) is 47.2 Å². The van der Waals surface area contributed by atoms with Gasteiger partial charge in [-0.15, -0.1) is 0 Å². The van der Waals surface area contributed by atoms with Gasteiger partial charge in [-0.1, -0.05) is 29.8 Å². The molecule has 1 aromatic heterocycles. The summed E-state index contributed by atoms with van der Waals surface area (Å²) in [4.78, 5) is 23.4. The number of amides is 1. The van der Waals surface area contributed by atoms with Crippen LogP contribution in [0, 0.1) is 19.8 Å². The lowest BCUT2D eigenvalue weighted by Crippen LogP contribution is -2.43. The van der Waals surface area contributed by atoms with Gasteiger partial charge in [0.1, 0.15) is 11.5 Å². The van der Waals surface area contributed by atoms with Gasteiger partial charge in [0.15, 0.2) is 0 Å². The van der Waals surface area contributed by atoms with Gasteiger partial charge in [-0.05, 0) is 57.6 Å². The van der Waals surface area contributed by atoms with E-state index in [1.54, 1.807) is 12.3 Å². The highest BCUT2D eigenvalue weighted by Gasteiger charge is 2.37. The highest BCUT2D eigenvalue weighted by atomic mass is 16.2. The van der Waals surface area contributed by atoms with E-state index in [9.17, 15) is 4.79 Å². The number of carbonyl (C=O) groups is 1. The summed E-state index contributed by atoms with van der Waals surface area (Å²) in [5, 5.41) is 0. The molecular formula is C20H25N3O. The third kappa shape index (κ3) is 3.81. The molecule has 0 saturated heterocycles. The highest BCUT2D eigenvalue weighted by molar-refractivity contribution is 5.92. The van der Waals surface area contributed by atoms with E-state index < -0.39 is 0 Å². The molecular weight excluding hydrogens is 298 g/mol. The summed E-state index contributed by atoms with van der Waals surface area (Å²) in [5.41, 5.74) is 3.06. The van der Waals surface area contributed by atoms with E-state index in [1.165, 1.54) is 24.0 Å². The Kier molecular flexibility index (Phi) is 4.93. The van der Waals surface area contributed by atoms with Crippen LogP contribution in [0.3, 0.4) is 0 Å². The fourth-order valence-electron chi connectivity index (χ4n) is 3.23. The first kappa shape index (κ1) is 16.6. The molecule has 0 radical (unpaired) electrons. The van der Waals surface area contributed by atoms with Gasteiger partial charge in [-0.3, -0.25) is 4.79 Å². The van der Waals surface area contributed by atoms with Crippen LogP contribution in [0.25, 0.3) is 0 Å². The molecule has 1 atom stereocenters. The summed E-state index contributed by atoms with van der Waals surface area (Å²) >= 11 is 0. The zero-order valence-electron chi connectivity index (χ0n) is 14.7. The minimum Gasteiger partial charge on any atom is -0.334 e. The van der Waals surface area contributed by atoms with E-state index in [0.29, 0.717) is 24.0 Å². The van der Waals surface area contributed by atoms with Crippen molar-refractivity contribution in [1.82, 2.24) is 14.9 Å². The molecule has 0 spiro atoms. The van der Waals surface area contributed by atoms with Gasteiger partial charge in [0.25, 0.3) is 5.91 Å². The highest BCUT2D eigenvalue weighted by Crippen LogP contribution is 2.37. The van der Waals surface area contributed by atoms with Crippen LogP contribution in [0.2, 0.25) is 0 Å². The smallest absolute Gasteiger partial charge is 0.272 e. The summed E-state index contributed by atoms with van der Waals surface area (Å²) < 4.78 is 0. The largest absolute Gasteiger partial charge is 0.334 e. The van der Waals surface area contributed by atoms with E-state index >= 15 is 0 Å². The van der Waals surface area contributed by atoms with Crippen LogP contribution in [-0.2, 0) is 6.42 Å². The van der Waals surface area contributed by atoms with Crippen molar-refractivity contribution in [2.24, 2.45) is 5.92 Å². The van der Waals surface area contributed by atoms with Crippen molar-refractivity contribution in [1.29, 1.82) is 0 Å². The second-order valence-corrected chi connectivity index (χ2v) is 6.67. The number of benzene rings is 1. The van der Waals surface area contributed by atoms with Crippen LogP contribution in [0.5, 0.6) is 0 Å². The van der Waals surface area contributed by atoms with Crippen molar-refractivity contribution in [3.05, 3.63) is 59.2 Å². The molecule has 3 rings (SSSR count). The molecule has 126 valence electrons. The summed E-state index contributed by atoms with van der Waals surface area (Å²) in [5.74, 6) is 1.27. The monoisotopic (exact) mass is 323 g/mol. The maximum atomic E-state index is 13.0. The summed E-state index contributed by atoms with van der Waals surface area (Å²) in [6, 6.07) is 10.6. The standard InChI is InChI=1S/C20H25N3O/c1-4-23(20(24)18-11-12-21-15(3)22-18)19(17-9-10-17)13-16-7-5-14(2)6-8-16/h5-8,11-12,17,19H,4,9-10,13H2,1-3H3/t19-/m0/s1. The zero-order valence-corrected chi connectivity index (χ0v) is 14.7. The van der Waals surface area contributed by atoms with Gasteiger partial charge in [0.05, 0.1) is 0 Å². The molecule has 2 aromatic rings. The molecule has 4 nitrogen and oxygen atoms in total. The van der Waals surface area contributed by atoms with E-state index in [4.69, 9.17) is 0 Å². The van der Waals surface area contributed by atoms with Crippen LogP contribution in [0.4, 0.5) is 0 Å². The van der Waals surface area contributed by atoms with Crippen LogP contribution in [0.15, 0.2) is 36.5 Å². The van der Waals surface area contributed by atoms with Crippen molar-refractivity contribution < 1.29 is 4.79 Å². The minimum atomic E-state index is 0.0204. The SMILES string of the molecule is CCN(C(=O)c1ccnc(C)n1)[C@@H](Cc1ccc(C)cc1)C1CC1. The zero-order chi connectivity index (χ0) is 17.1. The van der Waals surface area contributed by atoms with Crippen molar-refractivity contribution >= 4 is 5.91 Å². The Labute approximate surface area is 143 Å². The second-order valence-electron chi connectivity index (χ2n) is 6.67. The molecule has 1 saturated carbocycles. The van der Waals surface area contributed by atoms with Crippen molar-refractivity contribution in [3.8, 4) is 0 Å². The number of hydrogen-bond acceptors (Lipinski definition) is 3. The Morgan fingerprint density at radius 2 is 1.92 bits per heavy atom. The third-order valence-electron chi connectivity index (χ3n) is 4.73. The molecule has 4 heteroatoms. The Balaban J connectivity index is 1.82. The van der Waals surface area contributed by atoms with Gasteiger partial charge in [-0.2, -0.15) is 0 Å². The Hall–Kier alpha value is -2.23. The number of likely N-dealkylation sites (N-methyl/N-ethyl adjacent to an activating group) is 1. The lowest BCUT2D eigenvalue weighted by molar-refractivity contribution is 0.0659. The number of aromatic nitrogens is 2. The van der Waals surface area contributed by atoms with Crippen molar-refractivity contribution in [3.63, 3.8) is 0 Å². The minimum absolute atomic E-state index is 0.0204. The fraction of sp³-hybridized carbons (Fsp3) is 0.450. The number of nitrogens with zero attached hydrogens (tertiary/aromatic N) is 3. The fourth-order valence-corrected chi connectivity index (χ4v) is 3.23. The molecule has 0 aliphatic heterocycles. The molecule has 0 N–H and O–H groups in total. The topological polar surface area (TPSA) is 46.1 Å². The van der Waals surface area contributed by atoms with Crippen molar-refractivity contribution in [2.75, 3.05) is 6.54 Å². The number of rotatable bonds is 6. The molecule has 0 unspecified atom stereocenters. The molecule has 0 bridgehead atoms. The predicted octanol–water partition coefficient (Wildman–Crippen LogP) is 3.58. The van der Waals surface area contributed by atoms with Gasteiger partial charge in [-0.25, -0.2) is 9.97 Å². The summed E-state index contributed by atoms with van der Waals surface area (Å²) in [7, 11) is 0. The summed E-state index contributed by atoms with van der Waals surface area (Å²) in [6.45, 7) is 6.67. The van der Waals surface area contributed by atoms with Gasteiger partial charge in [0.2, 0.25) is 0 Å². The van der Waals surface area contributed by atoms with Gasteiger partial charge in [0, 0.05) is 18.8 Å². The molecule has 1 amide bonds. The third-order valence-corrected chi connectivity index (χ3v) is 4.73. The maximum absolute atomic E-state index is 13.0. The molecule has 1 aliphatic carbocycles. The number of hydrogen-bond donors (Lipinski definition) is 0. The first-order valence-corrected chi connectivity index (χ1v) is 8.74. The maximum Gasteiger partial charge on any atom is 0.272 e. The average molecular weight is 323 g/mol. The lowest BCUT2D eigenvalue weighted by Gasteiger charge is -2.31. The molecule has 1 aromatic carbocycles. The van der Waals surface area contributed by atoms with Gasteiger partial charge < -0.3 is 4.90 Å². The van der Waals surface area contributed by atoms with Crippen LogP contribution < -0.4 is 0 Å². The van der Waals surface area contributed by atoms with Crippen LogP contribution in [-0.4, -0.2) is 33.4 Å². The van der Waals surface area contributed by atoms with Crippen LogP contribution >= 0.6 is 0 Å². The van der Waals surface area contributed by atoms with Crippen molar-refractivity contribution in [2.45, 2.75) is 46.1 Å². The van der Waals surface area contributed by atoms with E-state index in [-0.39, 0.29) is 11.9 Å².